The number of hydrogen-bond acceptors (Lipinski definition) is 6. The number of pyridine rings is 1. The number of hydrogen-bond donors (Lipinski definition) is 2. The van der Waals surface area contributed by atoms with Crippen LogP contribution < -0.4 is 10.6 Å². The van der Waals surface area contributed by atoms with Crippen LogP contribution in [0.4, 0.5) is 11.4 Å². The van der Waals surface area contributed by atoms with Gasteiger partial charge in [-0.25, -0.2) is 4.98 Å². The first-order chi connectivity index (χ1) is 21.1. The van der Waals surface area contributed by atoms with Gasteiger partial charge in [-0.1, -0.05) is 24.3 Å². The molecule has 0 saturated carbocycles. The van der Waals surface area contributed by atoms with E-state index in [0.717, 1.165) is 84.5 Å². The minimum Gasteiger partial charge on any atom is -0.464 e. The fourth-order valence-electron chi connectivity index (χ4n) is 5.84. The van der Waals surface area contributed by atoms with E-state index in [-0.39, 0.29) is 11.8 Å². The van der Waals surface area contributed by atoms with Crippen LogP contribution in [-0.4, -0.2) is 65.9 Å². The molecule has 2 aromatic heterocycles. The minimum absolute atomic E-state index is 0.0334. The van der Waals surface area contributed by atoms with Gasteiger partial charge in [-0.05, 0) is 100 Å². The molecule has 8 heteroatoms. The number of rotatable bonds is 11. The van der Waals surface area contributed by atoms with Crippen molar-refractivity contribution in [3.05, 3.63) is 79.1 Å². The maximum Gasteiger partial charge on any atom is 0.225 e. The molecule has 0 atom stereocenters. The quantitative estimate of drug-likeness (QED) is 0.211. The number of nitrogens with one attached hydrogen (secondary N) is 2. The zero-order valence-corrected chi connectivity index (χ0v) is 24.6. The van der Waals surface area contributed by atoms with Gasteiger partial charge in [-0.15, -0.1) is 0 Å². The van der Waals surface area contributed by atoms with Crippen LogP contribution in [-0.2, 0) is 9.59 Å². The number of aromatic nitrogens is 1. The van der Waals surface area contributed by atoms with E-state index in [1.807, 2.05) is 72.8 Å². The van der Waals surface area contributed by atoms with Gasteiger partial charge < -0.3 is 24.9 Å². The van der Waals surface area contributed by atoms with Gasteiger partial charge >= 0.3 is 0 Å². The second-order valence-corrected chi connectivity index (χ2v) is 11.5. The molecule has 43 heavy (non-hydrogen) atoms. The summed E-state index contributed by atoms with van der Waals surface area (Å²) in [6.07, 6.45) is 7.56. The van der Waals surface area contributed by atoms with E-state index in [1.165, 1.54) is 25.7 Å². The zero-order valence-electron chi connectivity index (χ0n) is 24.6. The Kier molecular flexibility index (Phi) is 9.25. The molecule has 6 rings (SSSR count). The summed E-state index contributed by atoms with van der Waals surface area (Å²) in [5.41, 5.74) is 5.94. The molecule has 4 aromatic rings. The molecule has 0 unspecified atom stereocenters. The van der Waals surface area contributed by atoms with Gasteiger partial charge in [0, 0.05) is 54.0 Å². The van der Waals surface area contributed by atoms with Crippen LogP contribution in [0.2, 0.25) is 0 Å². The van der Waals surface area contributed by atoms with Crippen molar-refractivity contribution in [3.8, 4) is 33.8 Å². The molecule has 0 bridgehead atoms. The van der Waals surface area contributed by atoms with Gasteiger partial charge in [0.15, 0.2) is 0 Å². The highest BCUT2D eigenvalue weighted by Gasteiger charge is 2.15. The maximum absolute atomic E-state index is 12.5. The average molecular weight is 578 g/mol. The summed E-state index contributed by atoms with van der Waals surface area (Å²) in [6.45, 7) is 5.98. The Balaban J connectivity index is 1.15. The summed E-state index contributed by atoms with van der Waals surface area (Å²) in [5, 5.41) is 6.05. The number of carbonyl (C=O) groups excluding carboxylic acids is 2. The Bertz CT molecular complexity index is 1410. The standard InChI is InChI=1S/C35H39N5O3/c41-34(15-21-39-17-1-2-18-39)36-29-11-7-26(8-12-29)31-24-28(33-6-5-23-43-33)25-32(38-31)27-9-13-30(14-10-27)37-35(42)16-22-40-19-3-4-20-40/h5-14,23-25H,1-4,15-22H2,(H,36,41)(H,37,42). The number of carbonyl (C=O) groups is 2. The van der Waals surface area contributed by atoms with Crippen LogP contribution in [0.3, 0.4) is 0 Å². The summed E-state index contributed by atoms with van der Waals surface area (Å²) in [4.78, 5) is 34.6. The van der Waals surface area contributed by atoms with E-state index in [4.69, 9.17) is 9.40 Å². The van der Waals surface area contributed by atoms with Crippen LogP contribution in [0.15, 0.2) is 83.5 Å². The lowest BCUT2D eigenvalue weighted by atomic mass is 10.0. The predicted molar refractivity (Wildman–Crippen MR) is 171 cm³/mol. The third kappa shape index (κ3) is 7.77. The number of benzene rings is 2. The third-order valence-corrected chi connectivity index (χ3v) is 8.27. The van der Waals surface area contributed by atoms with Gasteiger partial charge in [-0.3, -0.25) is 9.59 Å². The van der Waals surface area contributed by atoms with Crippen molar-refractivity contribution < 1.29 is 14.0 Å². The van der Waals surface area contributed by atoms with E-state index in [1.54, 1.807) is 6.26 Å². The number of furan rings is 1. The van der Waals surface area contributed by atoms with Crippen LogP contribution in [0, 0.1) is 0 Å². The summed E-state index contributed by atoms with van der Waals surface area (Å²) in [7, 11) is 0. The molecule has 8 nitrogen and oxygen atoms in total. The fourth-order valence-corrected chi connectivity index (χ4v) is 5.84. The molecular formula is C35H39N5O3. The predicted octanol–water partition coefficient (Wildman–Crippen LogP) is 6.52. The number of likely N-dealkylation sites (tertiary alicyclic amines) is 2. The third-order valence-electron chi connectivity index (χ3n) is 8.27. The fraction of sp³-hybridized carbons (Fsp3) is 0.343. The van der Waals surface area contributed by atoms with Crippen molar-refractivity contribution in [3.63, 3.8) is 0 Å². The largest absolute Gasteiger partial charge is 0.464 e. The van der Waals surface area contributed by atoms with Crippen molar-refractivity contribution in [1.29, 1.82) is 0 Å². The van der Waals surface area contributed by atoms with Gasteiger partial charge in [0.1, 0.15) is 5.76 Å². The highest BCUT2D eigenvalue weighted by Crippen LogP contribution is 2.31. The number of amides is 2. The summed E-state index contributed by atoms with van der Waals surface area (Å²) in [5.74, 6) is 0.825. The number of anilines is 2. The zero-order chi connectivity index (χ0) is 29.4. The SMILES string of the molecule is O=C(CCN1CCCC1)Nc1ccc(-c2cc(-c3ccco3)cc(-c3ccc(NC(=O)CCN4CCCC4)cc3)n2)cc1. The Morgan fingerprint density at radius 1 is 0.651 bits per heavy atom. The molecule has 4 heterocycles. The van der Waals surface area contributed by atoms with Crippen molar-refractivity contribution in [2.75, 3.05) is 49.9 Å². The van der Waals surface area contributed by atoms with Crippen LogP contribution in [0.5, 0.6) is 0 Å². The van der Waals surface area contributed by atoms with Gasteiger partial charge in [-0.2, -0.15) is 0 Å². The first kappa shape index (κ1) is 28.8. The lowest BCUT2D eigenvalue weighted by molar-refractivity contribution is -0.117. The van der Waals surface area contributed by atoms with Crippen molar-refractivity contribution in [1.82, 2.24) is 14.8 Å². The Hall–Kier alpha value is -4.27. The monoisotopic (exact) mass is 577 g/mol. The normalized spacial score (nSPS) is 15.5. The molecule has 2 N–H and O–H groups in total. The van der Waals surface area contributed by atoms with E-state index >= 15 is 0 Å². The molecule has 2 aromatic carbocycles. The second kappa shape index (κ2) is 13.8. The first-order valence-corrected chi connectivity index (χ1v) is 15.4. The summed E-state index contributed by atoms with van der Waals surface area (Å²) in [6, 6.07) is 23.4. The highest BCUT2D eigenvalue weighted by atomic mass is 16.3. The van der Waals surface area contributed by atoms with E-state index in [9.17, 15) is 9.59 Å². The molecule has 0 radical (unpaired) electrons. The maximum atomic E-state index is 12.5. The number of nitrogens with zero attached hydrogens (tertiary/aromatic N) is 3. The summed E-state index contributed by atoms with van der Waals surface area (Å²) < 4.78 is 5.72. The Labute approximate surface area is 253 Å². The van der Waals surface area contributed by atoms with E-state index in [2.05, 4.69) is 20.4 Å². The van der Waals surface area contributed by atoms with E-state index in [0.29, 0.717) is 12.8 Å². The smallest absolute Gasteiger partial charge is 0.225 e. The van der Waals surface area contributed by atoms with Gasteiger partial charge in [0.2, 0.25) is 11.8 Å². The molecule has 0 aliphatic carbocycles. The van der Waals surface area contributed by atoms with Crippen LogP contribution in [0.25, 0.3) is 33.8 Å². The topological polar surface area (TPSA) is 90.7 Å². The molecular weight excluding hydrogens is 538 g/mol. The minimum atomic E-state index is 0.0334. The molecule has 2 saturated heterocycles. The van der Waals surface area contributed by atoms with Crippen LogP contribution in [0.1, 0.15) is 38.5 Å². The molecule has 2 aliphatic rings. The van der Waals surface area contributed by atoms with Crippen molar-refractivity contribution >= 4 is 23.2 Å². The van der Waals surface area contributed by atoms with Crippen LogP contribution >= 0.6 is 0 Å². The molecule has 2 amide bonds. The van der Waals surface area contributed by atoms with Gasteiger partial charge in [0.05, 0.1) is 17.7 Å². The molecule has 0 spiro atoms. The Morgan fingerprint density at radius 3 is 1.53 bits per heavy atom. The molecule has 2 fully saturated rings. The van der Waals surface area contributed by atoms with Gasteiger partial charge in [0.25, 0.3) is 0 Å². The molecule has 2 aliphatic heterocycles. The van der Waals surface area contributed by atoms with Crippen molar-refractivity contribution in [2.45, 2.75) is 38.5 Å². The highest BCUT2D eigenvalue weighted by molar-refractivity contribution is 5.92. The summed E-state index contributed by atoms with van der Waals surface area (Å²) >= 11 is 0. The van der Waals surface area contributed by atoms with Crippen molar-refractivity contribution in [2.24, 2.45) is 0 Å². The molecule has 222 valence electrons. The lowest BCUT2D eigenvalue weighted by Gasteiger charge is -2.14. The first-order valence-electron chi connectivity index (χ1n) is 15.4. The average Bonchev–Trinajstić information content (AvgIpc) is 3.84. The Morgan fingerprint density at radius 2 is 1.12 bits per heavy atom. The second-order valence-electron chi connectivity index (χ2n) is 11.5. The van der Waals surface area contributed by atoms with E-state index < -0.39 is 0 Å². The lowest BCUT2D eigenvalue weighted by Crippen LogP contribution is -2.25.